The van der Waals surface area contributed by atoms with E-state index in [1.165, 1.54) is 4.90 Å². The Morgan fingerprint density at radius 2 is 1.96 bits per heavy atom. The molecule has 3 nitrogen and oxygen atoms in total. The molecule has 23 heavy (non-hydrogen) atoms. The van der Waals surface area contributed by atoms with Crippen molar-refractivity contribution < 1.29 is 18.0 Å². The molecule has 0 bridgehead atoms. The molecule has 2 atom stereocenters. The van der Waals surface area contributed by atoms with Gasteiger partial charge in [0.05, 0.1) is 12.0 Å². The van der Waals surface area contributed by atoms with Crippen LogP contribution in [-0.2, 0) is 11.2 Å². The number of benzene rings is 1. The number of likely N-dealkylation sites (N-methyl/N-ethyl adjacent to an activating group) is 1. The van der Waals surface area contributed by atoms with Crippen molar-refractivity contribution in [2.24, 2.45) is 5.92 Å². The fourth-order valence-corrected chi connectivity index (χ4v) is 2.98. The Labute approximate surface area is 135 Å². The van der Waals surface area contributed by atoms with Gasteiger partial charge in [-0.3, -0.25) is 9.69 Å². The van der Waals surface area contributed by atoms with Gasteiger partial charge < -0.3 is 4.90 Å². The van der Waals surface area contributed by atoms with Gasteiger partial charge in [0, 0.05) is 13.1 Å². The highest BCUT2D eigenvalue weighted by Gasteiger charge is 2.43. The second-order valence-electron chi connectivity index (χ2n) is 6.33. The predicted molar refractivity (Wildman–Crippen MR) is 83.0 cm³/mol. The first-order chi connectivity index (χ1) is 10.8. The molecular weight excluding hydrogens is 305 g/mol. The van der Waals surface area contributed by atoms with Gasteiger partial charge in [-0.05, 0) is 38.9 Å². The van der Waals surface area contributed by atoms with Crippen molar-refractivity contribution in [3.05, 3.63) is 35.9 Å². The number of amides is 1. The van der Waals surface area contributed by atoms with Gasteiger partial charge in [0.2, 0.25) is 5.91 Å². The zero-order chi connectivity index (χ0) is 17.0. The fourth-order valence-electron chi connectivity index (χ4n) is 2.98. The molecule has 0 spiro atoms. The highest BCUT2D eigenvalue weighted by molar-refractivity contribution is 5.82. The summed E-state index contributed by atoms with van der Waals surface area (Å²) >= 11 is 0. The first-order valence-corrected chi connectivity index (χ1v) is 7.85. The van der Waals surface area contributed by atoms with Crippen molar-refractivity contribution >= 4 is 5.91 Å². The summed E-state index contributed by atoms with van der Waals surface area (Å²) in [6.45, 7) is 0.187. The summed E-state index contributed by atoms with van der Waals surface area (Å²) in [5.74, 6) is -1.62. The monoisotopic (exact) mass is 328 g/mol. The fraction of sp³-hybridized carbons (Fsp3) is 0.588. The van der Waals surface area contributed by atoms with E-state index >= 15 is 0 Å². The Morgan fingerprint density at radius 3 is 2.52 bits per heavy atom. The number of rotatable bonds is 4. The van der Waals surface area contributed by atoms with Crippen LogP contribution in [0.4, 0.5) is 13.2 Å². The van der Waals surface area contributed by atoms with Gasteiger partial charge in [0.1, 0.15) is 0 Å². The maximum absolute atomic E-state index is 12.9. The zero-order valence-electron chi connectivity index (χ0n) is 13.5. The van der Waals surface area contributed by atoms with Crippen LogP contribution in [0.5, 0.6) is 0 Å². The number of halogens is 3. The molecule has 0 radical (unpaired) electrons. The lowest BCUT2D eigenvalue weighted by Crippen LogP contribution is -2.52. The number of alkyl halides is 3. The average Bonchev–Trinajstić information content (AvgIpc) is 2.52. The summed E-state index contributed by atoms with van der Waals surface area (Å²) in [4.78, 5) is 15.9. The molecule has 1 aromatic rings. The molecule has 1 amide bonds. The maximum Gasteiger partial charge on any atom is 0.393 e. The SMILES string of the molecule is CN(C)[C@@H](Cc1ccccc1)C(=O)N1CCC[C@H](C(F)(F)F)C1. The summed E-state index contributed by atoms with van der Waals surface area (Å²) in [5, 5.41) is 0. The molecule has 2 rings (SSSR count). The molecular formula is C17H23F3N2O. The van der Waals surface area contributed by atoms with E-state index < -0.39 is 18.1 Å². The lowest BCUT2D eigenvalue weighted by molar-refractivity contribution is -0.188. The van der Waals surface area contributed by atoms with Crippen LogP contribution < -0.4 is 0 Å². The predicted octanol–water partition coefficient (Wildman–Crippen LogP) is 2.96. The normalized spacial score (nSPS) is 20.6. The number of likely N-dealkylation sites (tertiary alicyclic amines) is 1. The van der Waals surface area contributed by atoms with E-state index in [1.807, 2.05) is 30.3 Å². The van der Waals surface area contributed by atoms with Gasteiger partial charge in [-0.2, -0.15) is 13.2 Å². The molecule has 1 fully saturated rings. The van der Waals surface area contributed by atoms with E-state index in [4.69, 9.17) is 0 Å². The highest BCUT2D eigenvalue weighted by Crippen LogP contribution is 2.33. The molecule has 1 aromatic carbocycles. The zero-order valence-corrected chi connectivity index (χ0v) is 13.5. The number of hydrogen-bond donors (Lipinski definition) is 0. The molecule has 1 saturated heterocycles. The Morgan fingerprint density at radius 1 is 1.30 bits per heavy atom. The molecule has 128 valence electrons. The largest absolute Gasteiger partial charge is 0.393 e. The molecule has 0 saturated carbocycles. The lowest BCUT2D eigenvalue weighted by Gasteiger charge is -2.37. The molecule has 0 aromatic heterocycles. The Balaban J connectivity index is 2.08. The minimum atomic E-state index is -4.23. The van der Waals surface area contributed by atoms with Crippen LogP contribution in [0.3, 0.4) is 0 Å². The quantitative estimate of drug-likeness (QED) is 0.848. The van der Waals surface area contributed by atoms with Gasteiger partial charge in [-0.25, -0.2) is 0 Å². The van der Waals surface area contributed by atoms with Crippen molar-refractivity contribution in [3.63, 3.8) is 0 Å². The summed E-state index contributed by atoms with van der Waals surface area (Å²) < 4.78 is 38.8. The van der Waals surface area contributed by atoms with E-state index in [0.29, 0.717) is 19.4 Å². The number of carbonyl (C=O) groups excluding carboxylic acids is 1. The van der Waals surface area contributed by atoms with Crippen LogP contribution in [0.25, 0.3) is 0 Å². The van der Waals surface area contributed by atoms with E-state index in [2.05, 4.69) is 0 Å². The highest BCUT2D eigenvalue weighted by atomic mass is 19.4. The first-order valence-electron chi connectivity index (χ1n) is 7.85. The second kappa shape index (κ2) is 7.34. The average molecular weight is 328 g/mol. The van der Waals surface area contributed by atoms with Gasteiger partial charge in [-0.15, -0.1) is 0 Å². The summed E-state index contributed by atoms with van der Waals surface area (Å²) in [7, 11) is 3.58. The Hall–Kier alpha value is -1.56. The van der Waals surface area contributed by atoms with E-state index in [9.17, 15) is 18.0 Å². The van der Waals surface area contributed by atoms with Gasteiger partial charge in [-0.1, -0.05) is 30.3 Å². The van der Waals surface area contributed by atoms with E-state index in [-0.39, 0.29) is 18.9 Å². The van der Waals surface area contributed by atoms with Crippen molar-refractivity contribution in [2.45, 2.75) is 31.5 Å². The second-order valence-corrected chi connectivity index (χ2v) is 6.33. The van der Waals surface area contributed by atoms with Crippen LogP contribution in [0.2, 0.25) is 0 Å². The third kappa shape index (κ3) is 4.70. The lowest BCUT2D eigenvalue weighted by atomic mass is 9.96. The van der Waals surface area contributed by atoms with Crippen LogP contribution in [0.15, 0.2) is 30.3 Å². The van der Waals surface area contributed by atoms with E-state index in [1.54, 1.807) is 19.0 Å². The molecule has 1 aliphatic heterocycles. The van der Waals surface area contributed by atoms with E-state index in [0.717, 1.165) is 5.56 Å². The molecule has 0 N–H and O–H groups in total. The topological polar surface area (TPSA) is 23.6 Å². The first kappa shape index (κ1) is 17.8. The molecule has 0 unspecified atom stereocenters. The van der Waals surface area contributed by atoms with Gasteiger partial charge in [0.25, 0.3) is 0 Å². The minimum Gasteiger partial charge on any atom is -0.341 e. The third-order valence-electron chi connectivity index (χ3n) is 4.38. The molecule has 6 heteroatoms. The molecule has 1 aliphatic rings. The van der Waals surface area contributed by atoms with Gasteiger partial charge in [0.15, 0.2) is 0 Å². The third-order valence-corrected chi connectivity index (χ3v) is 4.38. The number of hydrogen-bond acceptors (Lipinski definition) is 2. The standard InChI is InChI=1S/C17H23F3N2O/c1-21(2)15(11-13-7-4-3-5-8-13)16(23)22-10-6-9-14(12-22)17(18,19)20/h3-5,7-8,14-15H,6,9-12H2,1-2H3/t14-,15-/m0/s1. The Bertz CT molecular complexity index is 516. The molecule has 0 aliphatic carbocycles. The number of piperidine rings is 1. The maximum atomic E-state index is 12.9. The minimum absolute atomic E-state index is 0.110. The van der Waals surface area contributed by atoms with Crippen LogP contribution in [0.1, 0.15) is 18.4 Å². The van der Waals surface area contributed by atoms with Crippen molar-refractivity contribution in [1.29, 1.82) is 0 Å². The van der Waals surface area contributed by atoms with Crippen molar-refractivity contribution in [2.75, 3.05) is 27.2 Å². The smallest absolute Gasteiger partial charge is 0.341 e. The summed E-state index contributed by atoms with van der Waals surface area (Å²) in [6, 6.07) is 9.11. The van der Waals surface area contributed by atoms with Crippen LogP contribution in [0, 0.1) is 5.92 Å². The number of carbonyl (C=O) groups is 1. The van der Waals surface area contributed by atoms with Crippen molar-refractivity contribution in [1.82, 2.24) is 9.80 Å². The van der Waals surface area contributed by atoms with Crippen molar-refractivity contribution in [3.8, 4) is 0 Å². The van der Waals surface area contributed by atoms with Crippen LogP contribution in [-0.4, -0.2) is 55.1 Å². The summed E-state index contributed by atoms with van der Waals surface area (Å²) in [6.07, 6.45) is -3.22. The number of nitrogens with zero attached hydrogens (tertiary/aromatic N) is 2. The van der Waals surface area contributed by atoms with Crippen LogP contribution >= 0.6 is 0 Å². The van der Waals surface area contributed by atoms with Gasteiger partial charge >= 0.3 is 6.18 Å². The molecule has 1 heterocycles. The Kier molecular flexibility index (Phi) is 5.68. The summed E-state index contributed by atoms with van der Waals surface area (Å²) in [5.41, 5.74) is 1.00.